The summed E-state index contributed by atoms with van der Waals surface area (Å²) in [6, 6.07) is 3.72. The van der Waals surface area contributed by atoms with Gasteiger partial charge >= 0.3 is 6.18 Å². The number of halogens is 3. The molecule has 1 aromatic heterocycles. The lowest BCUT2D eigenvalue weighted by atomic mass is 10.2. The highest BCUT2D eigenvalue weighted by molar-refractivity contribution is 5.77. The largest absolute Gasteiger partial charge is 0.416 e. The minimum absolute atomic E-state index is 0.378. The number of hydrogen-bond donors (Lipinski definition) is 1. The Morgan fingerprint density at radius 1 is 1.26 bits per heavy atom. The van der Waals surface area contributed by atoms with Crippen LogP contribution in [0, 0.1) is 0 Å². The number of rotatable bonds is 8. The Kier molecular flexibility index (Phi) is 6.01. The monoisotopic (exact) mass is 329 g/mol. The van der Waals surface area contributed by atoms with Crippen LogP contribution in [0.1, 0.15) is 31.2 Å². The molecule has 0 aliphatic heterocycles. The molecule has 7 heteroatoms. The van der Waals surface area contributed by atoms with Crippen LogP contribution in [0.2, 0.25) is 0 Å². The number of imidazole rings is 1. The van der Waals surface area contributed by atoms with E-state index in [-0.39, 0.29) is 0 Å². The molecular formula is C16H22F3N3O. The fourth-order valence-corrected chi connectivity index (χ4v) is 2.53. The highest BCUT2D eigenvalue weighted by atomic mass is 19.4. The van der Waals surface area contributed by atoms with Crippen molar-refractivity contribution >= 4 is 11.0 Å². The van der Waals surface area contributed by atoms with Gasteiger partial charge in [-0.2, -0.15) is 13.2 Å². The fourth-order valence-electron chi connectivity index (χ4n) is 2.53. The maximum absolute atomic E-state index is 12.8. The van der Waals surface area contributed by atoms with Gasteiger partial charge in [0.05, 0.1) is 16.6 Å². The van der Waals surface area contributed by atoms with E-state index in [1.54, 1.807) is 0 Å². The fraction of sp³-hybridized carbons (Fsp3) is 0.562. The molecule has 0 spiro atoms. The number of nitrogens with two attached hydrogens (primary N) is 1. The van der Waals surface area contributed by atoms with Crippen LogP contribution >= 0.6 is 0 Å². The molecule has 2 rings (SSSR count). The van der Waals surface area contributed by atoms with Crippen molar-refractivity contribution in [3.05, 3.63) is 29.6 Å². The van der Waals surface area contributed by atoms with Gasteiger partial charge in [-0.3, -0.25) is 0 Å². The highest BCUT2D eigenvalue weighted by Gasteiger charge is 2.31. The van der Waals surface area contributed by atoms with Gasteiger partial charge in [0.2, 0.25) is 0 Å². The number of hydrogen-bond acceptors (Lipinski definition) is 3. The molecule has 0 unspecified atom stereocenters. The van der Waals surface area contributed by atoms with Gasteiger partial charge in [-0.1, -0.05) is 0 Å². The number of ether oxygens (including phenoxy) is 1. The summed E-state index contributed by atoms with van der Waals surface area (Å²) in [5, 5.41) is 0. The molecule has 0 radical (unpaired) electrons. The third-order valence-corrected chi connectivity index (χ3v) is 3.63. The molecule has 0 fully saturated rings. The number of nitrogens with zero attached hydrogens (tertiary/aromatic N) is 2. The molecule has 0 atom stereocenters. The van der Waals surface area contributed by atoms with E-state index in [0.717, 1.165) is 36.3 Å². The van der Waals surface area contributed by atoms with Gasteiger partial charge < -0.3 is 15.0 Å². The summed E-state index contributed by atoms with van der Waals surface area (Å²) in [7, 11) is 0. The van der Waals surface area contributed by atoms with Crippen LogP contribution in [0.5, 0.6) is 0 Å². The van der Waals surface area contributed by atoms with E-state index >= 15 is 0 Å². The summed E-state index contributed by atoms with van der Waals surface area (Å²) in [5.74, 6) is 0.779. The van der Waals surface area contributed by atoms with Gasteiger partial charge in [0, 0.05) is 26.2 Å². The number of aryl methyl sites for hydroxylation is 2. The summed E-state index contributed by atoms with van der Waals surface area (Å²) < 4.78 is 45.8. The van der Waals surface area contributed by atoms with E-state index in [9.17, 15) is 13.2 Å². The Labute approximate surface area is 133 Å². The third kappa shape index (κ3) is 4.45. The van der Waals surface area contributed by atoms with Crippen LogP contribution in [0.15, 0.2) is 18.2 Å². The van der Waals surface area contributed by atoms with Crippen molar-refractivity contribution in [1.29, 1.82) is 0 Å². The predicted molar refractivity (Wildman–Crippen MR) is 83.2 cm³/mol. The van der Waals surface area contributed by atoms with E-state index in [1.807, 2.05) is 11.5 Å². The van der Waals surface area contributed by atoms with Crippen LogP contribution in [-0.4, -0.2) is 29.3 Å². The molecule has 0 saturated carbocycles. The van der Waals surface area contributed by atoms with E-state index in [2.05, 4.69) is 4.98 Å². The molecule has 0 bridgehead atoms. The standard InChI is InChI=1S/C16H22F3N3O/c1-2-23-10-4-9-22-14-7-6-12(16(17,18)19)11-13(14)21-15(22)5-3-8-20/h6-7,11H,2-5,8-10,20H2,1H3. The van der Waals surface area contributed by atoms with Gasteiger partial charge in [-0.25, -0.2) is 4.98 Å². The first kappa shape index (κ1) is 17.7. The molecule has 2 aromatic rings. The Balaban J connectivity index is 2.32. The number of fused-ring (bicyclic) bond motifs is 1. The lowest BCUT2D eigenvalue weighted by Gasteiger charge is -2.10. The second kappa shape index (κ2) is 7.79. The first-order valence-electron chi connectivity index (χ1n) is 7.81. The third-order valence-electron chi connectivity index (χ3n) is 3.63. The molecule has 23 heavy (non-hydrogen) atoms. The average molecular weight is 329 g/mol. The van der Waals surface area contributed by atoms with Crippen molar-refractivity contribution in [2.24, 2.45) is 5.73 Å². The lowest BCUT2D eigenvalue weighted by Crippen LogP contribution is -2.09. The first-order chi connectivity index (χ1) is 11.0. The average Bonchev–Trinajstić information content (AvgIpc) is 2.85. The number of benzene rings is 1. The van der Waals surface area contributed by atoms with Gasteiger partial charge in [-0.05, 0) is 44.5 Å². The van der Waals surface area contributed by atoms with Crippen LogP contribution in [0.4, 0.5) is 13.2 Å². The smallest absolute Gasteiger partial charge is 0.382 e. The van der Waals surface area contributed by atoms with Crippen molar-refractivity contribution in [3.8, 4) is 0 Å². The summed E-state index contributed by atoms with van der Waals surface area (Å²) in [6.07, 6.45) is -2.16. The van der Waals surface area contributed by atoms with Crippen molar-refractivity contribution < 1.29 is 17.9 Å². The second-order valence-corrected chi connectivity index (χ2v) is 5.32. The van der Waals surface area contributed by atoms with Crippen molar-refractivity contribution in [2.75, 3.05) is 19.8 Å². The normalized spacial score (nSPS) is 12.2. The zero-order chi connectivity index (χ0) is 16.9. The lowest BCUT2D eigenvalue weighted by molar-refractivity contribution is -0.137. The molecule has 1 heterocycles. The van der Waals surface area contributed by atoms with Gasteiger partial charge in [0.15, 0.2) is 0 Å². The summed E-state index contributed by atoms with van der Waals surface area (Å²) >= 11 is 0. The Morgan fingerprint density at radius 2 is 2.04 bits per heavy atom. The van der Waals surface area contributed by atoms with Crippen molar-refractivity contribution in [3.63, 3.8) is 0 Å². The quantitative estimate of drug-likeness (QED) is 0.756. The van der Waals surface area contributed by atoms with Crippen molar-refractivity contribution in [1.82, 2.24) is 9.55 Å². The summed E-state index contributed by atoms with van der Waals surface area (Å²) in [5.41, 5.74) is 5.97. The minimum Gasteiger partial charge on any atom is -0.382 e. The molecule has 0 amide bonds. The van der Waals surface area contributed by atoms with Crippen LogP contribution in [-0.2, 0) is 23.9 Å². The van der Waals surface area contributed by atoms with Crippen LogP contribution in [0.3, 0.4) is 0 Å². The second-order valence-electron chi connectivity index (χ2n) is 5.32. The van der Waals surface area contributed by atoms with Gasteiger partial charge in [0.1, 0.15) is 5.82 Å². The molecule has 2 N–H and O–H groups in total. The summed E-state index contributed by atoms with van der Waals surface area (Å²) in [4.78, 5) is 4.39. The van der Waals surface area contributed by atoms with Gasteiger partial charge in [-0.15, -0.1) is 0 Å². The van der Waals surface area contributed by atoms with Crippen LogP contribution in [0.25, 0.3) is 11.0 Å². The SMILES string of the molecule is CCOCCCn1c(CCCN)nc2cc(C(F)(F)F)ccc21. The Hall–Kier alpha value is -1.60. The Bertz CT molecular complexity index is 637. The van der Waals surface area contributed by atoms with Crippen LogP contribution < -0.4 is 5.73 Å². The van der Waals surface area contributed by atoms with Crippen molar-refractivity contribution in [2.45, 2.75) is 38.9 Å². The number of alkyl halides is 3. The molecular weight excluding hydrogens is 307 g/mol. The molecule has 1 aromatic carbocycles. The minimum atomic E-state index is -4.36. The molecule has 0 aliphatic rings. The van der Waals surface area contributed by atoms with E-state index in [0.29, 0.717) is 38.2 Å². The predicted octanol–water partition coefficient (Wildman–Crippen LogP) is 3.37. The van der Waals surface area contributed by atoms with E-state index in [4.69, 9.17) is 10.5 Å². The maximum atomic E-state index is 12.8. The Morgan fingerprint density at radius 3 is 2.70 bits per heavy atom. The number of aromatic nitrogens is 2. The summed E-state index contributed by atoms with van der Waals surface area (Å²) in [6.45, 7) is 4.39. The molecule has 128 valence electrons. The maximum Gasteiger partial charge on any atom is 0.416 e. The highest BCUT2D eigenvalue weighted by Crippen LogP contribution is 2.31. The van der Waals surface area contributed by atoms with E-state index in [1.165, 1.54) is 6.07 Å². The topological polar surface area (TPSA) is 53.1 Å². The van der Waals surface area contributed by atoms with Gasteiger partial charge in [0.25, 0.3) is 0 Å². The zero-order valence-corrected chi connectivity index (χ0v) is 13.2. The molecule has 0 saturated heterocycles. The van der Waals surface area contributed by atoms with E-state index < -0.39 is 11.7 Å². The molecule has 4 nitrogen and oxygen atoms in total. The first-order valence-corrected chi connectivity index (χ1v) is 7.81. The molecule has 0 aliphatic carbocycles. The zero-order valence-electron chi connectivity index (χ0n) is 13.2.